The van der Waals surface area contributed by atoms with Gasteiger partial charge in [0.1, 0.15) is 5.75 Å². The van der Waals surface area contributed by atoms with Crippen LogP contribution in [0.25, 0.3) is 0 Å². The van der Waals surface area contributed by atoms with Gasteiger partial charge in [-0.05, 0) is 37.6 Å². The first-order chi connectivity index (χ1) is 9.11. The number of methoxy groups -OCH3 is 1. The lowest BCUT2D eigenvalue weighted by molar-refractivity contribution is 0.407. The Morgan fingerprint density at radius 2 is 2.05 bits per heavy atom. The van der Waals surface area contributed by atoms with Crippen molar-refractivity contribution in [2.24, 2.45) is 0 Å². The van der Waals surface area contributed by atoms with Gasteiger partial charge in [0.25, 0.3) is 0 Å². The number of nitrogens with one attached hydrogen (secondary N) is 1. The fraction of sp³-hybridized carbons (Fsp3) is 0.333. The predicted molar refractivity (Wildman–Crippen MR) is 82.3 cm³/mol. The van der Waals surface area contributed by atoms with Crippen molar-refractivity contribution in [2.75, 3.05) is 7.11 Å². The standard InChI is InChI=1S/C15H18ClNOS/c1-10-7-12(11(2)19-10)8-17-9-13-14(16)5-4-6-15(13)18-3/h4-7,17H,8-9H2,1-3H3. The maximum absolute atomic E-state index is 6.21. The van der Waals surface area contributed by atoms with Gasteiger partial charge >= 0.3 is 0 Å². The van der Waals surface area contributed by atoms with Gasteiger partial charge in [-0.1, -0.05) is 17.7 Å². The van der Waals surface area contributed by atoms with E-state index in [1.165, 1.54) is 15.3 Å². The highest BCUT2D eigenvalue weighted by Crippen LogP contribution is 2.26. The second-order valence-electron chi connectivity index (χ2n) is 4.46. The lowest BCUT2D eigenvalue weighted by Crippen LogP contribution is -2.13. The van der Waals surface area contributed by atoms with E-state index in [1.54, 1.807) is 7.11 Å². The molecule has 102 valence electrons. The highest BCUT2D eigenvalue weighted by Gasteiger charge is 2.08. The number of halogens is 1. The van der Waals surface area contributed by atoms with Crippen LogP contribution in [0.3, 0.4) is 0 Å². The number of ether oxygens (including phenoxy) is 1. The number of hydrogen-bond acceptors (Lipinski definition) is 3. The normalized spacial score (nSPS) is 10.7. The monoisotopic (exact) mass is 295 g/mol. The zero-order valence-electron chi connectivity index (χ0n) is 11.4. The van der Waals surface area contributed by atoms with Crippen molar-refractivity contribution in [1.82, 2.24) is 5.32 Å². The second-order valence-corrected chi connectivity index (χ2v) is 6.33. The zero-order valence-corrected chi connectivity index (χ0v) is 13.0. The van der Waals surface area contributed by atoms with Gasteiger partial charge in [0.15, 0.2) is 0 Å². The van der Waals surface area contributed by atoms with E-state index >= 15 is 0 Å². The van der Waals surface area contributed by atoms with E-state index in [0.29, 0.717) is 6.54 Å². The molecule has 1 aromatic carbocycles. The molecule has 1 N–H and O–H groups in total. The number of thiophene rings is 1. The zero-order chi connectivity index (χ0) is 13.8. The first kappa shape index (κ1) is 14.4. The van der Waals surface area contributed by atoms with Gasteiger partial charge in [0, 0.05) is 33.4 Å². The summed E-state index contributed by atoms with van der Waals surface area (Å²) in [4.78, 5) is 2.72. The quantitative estimate of drug-likeness (QED) is 0.887. The molecule has 4 heteroatoms. The number of rotatable bonds is 5. The van der Waals surface area contributed by atoms with Crippen LogP contribution < -0.4 is 10.1 Å². The Balaban J connectivity index is 2.01. The molecule has 0 aliphatic heterocycles. The van der Waals surface area contributed by atoms with E-state index in [0.717, 1.165) is 22.9 Å². The fourth-order valence-electron chi connectivity index (χ4n) is 2.08. The minimum Gasteiger partial charge on any atom is -0.496 e. The highest BCUT2D eigenvalue weighted by atomic mass is 35.5. The highest BCUT2D eigenvalue weighted by molar-refractivity contribution is 7.12. The second kappa shape index (κ2) is 6.42. The lowest BCUT2D eigenvalue weighted by atomic mass is 10.2. The number of benzene rings is 1. The van der Waals surface area contributed by atoms with Crippen molar-refractivity contribution >= 4 is 22.9 Å². The van der Waals surface area contributed by atoms with Gasteiger partial charge in [0.2, 0.25) is 0 Å². The molecule has 2 rings (SSSR count). The van der Waals surface area contributed by atoms with E-state index in [2.05, 4.69) is 25.2 Å². The Kier molecular flexibility index (Phi) is 4.86. The number of aryl methyl sites for hydroxylation is 2. The Bertz CT molecular complexity index is 565. The van der Waals surface area contributed by atoms with Crippen LogP contribution >= 0.6 is 22.9 Å². The maximum Gasteiger partial charge on any atom is 0.124 e. The van der Waals surface area contributed by atoms with Crippen molar-refractivity contribution < 1.29 is 4.74 Å². The summed E-state index contributed by atoms with van der Waals surface area (Å²) in [5.41, 5.74) is 2.37. The first-order valence-corrected chi connectivity index (χ1v) is 7.39. The van der Waals surface area contributed by atoms with Gasteiger partial charge in [-0.25, -0.2) is 0 Å². The van der Waals surface area contributed by atoms with Crippen LogP contribution in [-0.2, 0) is 13.1 Å². The third-order valence-corrected chi connectivity index (χ3v) is 4.42. The average molecular weight is 296 g/mol. The Morgan fingerprint density at radius 1 is 1.26 bits per heavy atom. The van der Waals surface area contributed by atoms with Gasteiger partial charge in [-0.15, -0.1) is 11.3 Å². The van der Waals surface area contributed by atoms with Crippen molar-refractivity contribution in [3.05, 3.63) is 50.2 Å². The molecule has 0 atom stereocenters. The van der Waals surface area contributed by atoms with Crippen LogP contribution in [-0.4, -0.2) is 7.11 Å². The topological polar surface area (TPSA) is 21.3 Å². The molecule has 0 aliphatic rings. The van der Waals surface area contributed by atoms with Gasteiger partial charge in [0.05, 0.1) is 7.11 Å². The van der Waals surface area contributed by atoms with Crippen LogP contribution in [0.4, 0.5) is 0 Å². The van der Waals surface area contributed by atoms with Crippen molar-refractivity contribution in [2.45, 2.75) is 26.9 Å². The van der Waals surface area contributed by atoms with E-state index in [-0.39, 0.29) is 0 Å². The molecule has 1 aromatic heterocycles. The van der Waals surface area contributed by atoms with Crippen molar-refractivity contribution in [3.8, 4) is 5.75 Å². The van der Waals surface area contributed by atoms with E-state index in [4.69, 9.17) is 16.3 Å². The molecule has 0 amide bonds. The minimum atomic E-state index is 0.706. The van der Waals surface area contributed by atoms with Crippen LogP contribution in [0, 0.1) is 13.8 Å². The SMILES string of the molecule is COc1cccc(Cl)c1CNCc1cc(C)sc1C. The molecule has 19 heavy (non-hydrogen) atoms. The largest absolute Gasteiger partial charge is 0.496 e. The van der Waals surface area contributed by atoms with Crippen LogP contribution in [0.2, 0.25) is 5.02 Å². The summed E-state index contributed by atoms with van der Waals surface area (Å²) in [5.74, 6) is 0.832. The van der Waals surface area contributed by atoms with E-state index in [1.807, 2.05) is 29.5 Å². The van der Waals surface area contributed by atoms with Gasteiger partial charge in [-0.3, -0.25) is 0 Å². The Hall–Kier alpha value is -1.03. The number of hydrogen-bond donors (Lipinski definition) is 1. The third kappa shape index (κ3) is 3.50. The molecule has 0 saturated carbocycles. The molecule has 2 aromatic rings. The lowest BCUT2D eigenvalue weighted by Gasteiger charge is -2.11. The summed E-state index contributed by atoms with van der Waals surface area (Å²) in [6.07, 6.45) is 0. The molecule has 0 spiro atoms. The van der Waals surface area contributed by atoms with Gasteiger partial charge in [-0.2, -0.15) is 0 Å². The molecule has 1 heterocycles. The van der Waals surface area contributed by atoms with Crippen LogP contribution in [0.1, 0.15) is 20.9 Å². The van der Waals surface area contributed by atoms with E-state index < -0.39 is 0 Å². The Labute approximate surface area is 123 Å². The predicted octanol–water partition coefficient (Wildman–Crippen LogP) is 4.32. The minimum absolute atomic E-state index is 0.706. The third-order valence-electron chi connectivity index (χ3n) is 3.06. The molecule has 2 nitrogen and oxygen atoms in total. The summed E-state index contributed by atoms with van der Waals surface area (Å²) >= 11 is 8.04. The summed E-state index contributed by atoms with van der Waals surface area (Å²) in [6.45, 7) is 5.85. The molecule has 0 saturated heterocycles. The van der Waals surface area contributed by atoms with Gasteiger partial charge < -0.3 is 10.1 Å². The first-order valence-electron chi connectivity index (χ1n) is 6.20. The molecule has 0 bridgehead atoms. The molecule has 0 fully saturated rings. The summed E-state index contributed by atoms with van der Waals surface area (Å²) in [7, 11) is 1.67. The fourth-order valence-corrected chi connectivity index (χ4v) is 3.26. The van der Waals surface area contributed by atoms with Crippen LogP contribution in [0.15, 0.2) is 24.3 Å². The molecular formula is C15H18ClNOS. The Morgan fingerprint density at radius 3 is 2.68 bits per heavy atom. The summed E-state index contributed by atoms with van der Waals surface area (Å²) < 4.78 is 5.33. The summed E-state index contributed by atoms with van der Waals surface area (Å²) in [5, 5.41) is 4.17. The average Bonchev–Trinajstić information content (AvgIpc) is 2.70. The molecular weight excluding hydrogens is 278 g/mol. The molecule has 0 aliphatic carbocycles. The van der Waals surface area contributed by atoms with Crippen molar-refractivity contribution in [3.63, 3.8) is 0 Å². The van der Waals surface area contributed by atoms with Crippen molar-refractivity contribution in [1.29, 1.82) is 0 Å². The van der Waals surface area contributed by atoms with E-state index in [9.17, 15) is 0 Å². The maximum atomic E-state index is 6.21. The molecule has 0 radical (unpaired) electrons. The summed E-state index contributed by atoms with van der Waals surface area (Å²) in [6, 6.07) is 7.96. The molecule has 0 unspecified atom stereocenters. The van der Waals surface area contributed by atoms with Crippen LogP contribution in [0.5, 0.6) is 5.75 Å². The smallest absolute Gasteiger partial charge is 0.124 e.